The first-order valence-corrected chi connectivity index (χ1v) is 11.4. The van der Waals surface area contributed by atoms with E-state index in [1.54, 1.807) is 0 Å². The van der Waals surface area contributed by atoms with Gasteiger partial charge in [0.1, 0.15) is 0 Å². The second-order valence-corrected chi connectivity index (χ2v) is 10.4. The molecule has 0 atom stereocenters. The molecule has 0 bridgehead atoms. The average Bonchev–Trinajstić information content (AvgIpc) is 3.21. The molecule has 4 aromatic rings. The first-order valence-electron chi connectivity index (χ1n) is 10.6. The van der Waals surface area contributed by atoms with Crippen molar-refractivity contribution in [2.75, 3.05) is 0 Å². The molecule has 0 saturated heterocycles. The quantitative estimate of drug-likeness (QED) is 0.219. The van der Waals surface area contributed by atoms with Crippen LogP contribution in [0.2, 0.25) is 0 Å². The molecule has 2 aliphatic rings. The Morgan fingerprint density at radius 3 is 1.83 bits per heavy atom. The average molecular weight is 451 g/mol. The Bertz CT molecular complexity index is 1290. The summed E-state index contributed by atoms with van der Waals surface area (Å²) in [5.41, 5.74) is 12.2. The maximum atomic E-state index is 3.89. The van der Waals surface area contributed by atoms with Gasteiger partial charge in [0, 0.05) is 10.0 Å². The van der Waals surface area contributed by atoms with Crippen molar-refractivity contribution in [3.63, 3.8) is 0 Å². The van der Waals surface area contributed by atoms with Crippen molar-refractivity contribution < 1.29 is 0 Å². The Kier molecular flexibility index (Phi) is 3.60. The monoisotopic (exact) mass is 450 g/mol. The van der Waals surface area contributed by atoms with Gasteiger partial charge >= 0.3 is 0 Å². The van der Waals surface area contributed by atoms with Crippen molar-refractivity contribution >= 4 is 15.9 Å². The number of hydrogen-bond acceptors (Lipinski definition) is 0. The maximum absolute atomic E-state index is 3.89. The molecule has 0 aromatic heterocycles. The summed E-state index contributed by atoms with van der Waals surface area (Å²) in [5.74, 6) is 0. The van der Waals surface area contributed by atoms with Gasteiger partial charge < -0.3 is 0 Å². The van der Waals surface area contributed by atoms with Gasteiger partial charge in [-0.15, -0.1) is 0 Å². The third-order valence-corrected chi connectivity index (χ3v) is 7.59. The van der Waals surface area contributed by atoms with E-state index >= 15 is 0 Å². The van der Waals surface area contributed by atoms with E-state index < -0.39 is 0 Å². The van der Waals surface area contributed by atoms with Crippen LogP contribution in [0, 0.1) is 0 Å². The molecule has 0 aliphatic heterocycles. The Morgan fingerprint density at radius 1 is 0.600 bits per heavy atom. The molecule has 0 nitrogen and oxygen atoms in total. The van der Waals surface area contributed by atoms with Gasteiger partial charge in [0.2, 0.25) is 0 Å². The molecule has 0 N–H and O–H groups in total. The molecule has 0 unspecified atom stereocenters. The molecule has 6 rings (SSSR count). The summed E-state index contributed by atoms with van der Waals surface area (Å²) in [4.78, 5) is 0. The predicted molar refractivity (Wildman–Crippen MR) is 129 cm³/mol. The van der Waals surface area contributed by atoms with Gasteiger partial charge in [-0.05, 0) is 56.0 Å². The zero-order chi connectivity index (χ0) is 20.7. The van der Waals surface area contributed by atoms with Gasteiger partial charge in [-0.25, -0.2) is 0 Å². The minimum atomic E-state index is -0.261. The molecule has 146 valence electrons. The van der Waals surface area contributed by atoms with Crippen LogP contribution in [0.5, 0.6) is 0 Å². The largest absolute Gasteiger partial charge is 0.0726 e. The van der Waals surface area contributed by atoms with Crippen LogP contribution in [0.4, 0.5) is 0 Å². The zero-order valence-electron chi connectivity index (χ0n) is 17.5. The highest BCUT2D eigenvalue weighted by atomic mass is 79.9. The van der Waals surface area contributed by atoms with E-state index in [1.807, 2.05) is 0 Å². The lowest BCUT2D eigenvalue weighted by Gasteiger charge is -2.31. The summed E-state index contributed by atoms with van der Waals surface area (Å²) in [7, 11) is 0. The summed E-state index contributed by atoms with van der Waals surface area (Å²) in [6.45, 7) is 6.90. The fraction of sp³-hybridized carbons (Fsp3) is 0.172. The van der Waals surface area contributed by atoms with E-state index in [1.165, 1.54) is 54.5 Å². The van der Waals surface area contributed by atoms with Crippen LogP contribution in [0.3, 0.4) is 0 Å². The molecule has 0 amide bonds. The van der Waals surface area contributed by atoms with E-state index in [-0.39, 0.29) is 10.8 Å². The summed E-state index contributed by atoms with van der Waals surface area (Å²) in [6.07, 6.45) is 0. The molecule has 0 radical (unpaired) electrons. The highest BCUT2D eigenvalue weighted by Gasteiger charge is 2.52. The second kappa shape index (κ2) is 5.95. The van der Waals surface area contributed by atoms with Gasteiger partial charge in [-0.1, -0.05) is 116 Å². The lowest BCUT2D eigenvalue weighted by atomic mass is 9.69. The highest BCUT2D eigenvalue weighted by Crippen LogP contribution is 2.63. The lowest BCUT2D eigenvalue weighted by Crippen LogP contribution is -2.26. The second-order valence-electron chi connectivity index (χ2n) is 9.51. The molecule has 30 heavy (non-hydrogen) atoms. The fourth-order valence-electron chi connectivity index (χ4n) is 5.61. The Morgan fingerprint density at radius 2 is 1.20 bits per heavy atom. The molecule has 1 spiro atoms. The Balaban J connectivity index is 1.84. The van der Waals surface area contributed by atoms with Gasteiger partial charge in [0.05, 0.1) is 5.41 Å². The number of fused-ring (bicyclic) bond motifs is 10. The van der Waals surface area contributed by atoms with Crippen molar-refractivity contribution in [3.8, 4) is 22.3 Å². The number of benzene rings is 4. The van der Waals surface area contributed by atoms with Crippen molar-refractivity contribution in [2.45, 2.75) is 31.6 Å². The maximum Gasteiger partial charge on any atom is 0.0726 e. The first-order chi connectivity index (χ1) is 14.4. The minimum Gasteiger partial charge on any atom is -0.0619 e. The highest BCUT2D eigenvalue weighted by molar-refractivity contribution is 9.10. The summed E-state index contributed by atoms with van der Waals surface area (Å²) in [5, 5.41) is 0. The summed E-state index contributed by atoms with van der Waals surface area (Å²) < 4.78 is 1.17. The van der Waals surface area contributed by atoms with E-state index in [9.17, 15) is 0 Å². The van der Waals surface area contributed by atoms with Gasteiger partial charge in [-0.3, -0.25) is 0 Å². The summed E-state index contributed by atoms with van der Waals surface area (Å²) >= 11 is 3.89. The smallest absolute Gasteiger partial charge is 0.0619 e. The third-order valence-electron chi connectivity index (χ3n) is 6.93. The molecular weight excluding hydrogens is 428 g/mol. The van der Waals surface area contributed by atoms with Crippen molar-refractivity contribution in [1.82, 2.24) is 0 Å². The summed E-state index contributed by atoms with van der Waals surface area (Å²) in [6, 6.07) is 31.8. The first kappa shape index (κ1) is 18.2. The SMILES string of the molecule is CC(C)(C)c1ccc2c(c1)C1(c3ccccc3-c3ccccc31)c1cccc(Br)c1-2. The van der Waals surface area contributed by atoms with Crippen LogP contribution in [0.1, 0.15) is 48.6 Å². The minimum absolute atomic E-state index is 0.0971. The van der Waals surface area contributed by atoms with Crippen molar-refractivity contribution in [2.24, 2.45) is 0 Å². The predicted octanol–water partition coefficient (Wildman–Crippen LogP) is 8.09. The van der Waals surface area contributed by atoms with Crippen LogP contribution in [0.25, 0.3) is 22.3 Å². The topological polar surface area (TPSA) is 0 Å². The van der Waals surface area contributed by atoms with Crippen LogP contribution in [-0.4, -0.2) is 0 Å². The van der Waals surface area contributed by atoms with Crippen molar-refractivity contribution in [3.05, 3.63) is 117 Å². The van der Waals surface area contributed by atoms with Crippen LogP contribution in [0.15, 0.2) is 89.4 Å². The third kappa shape index (κ3) is 2.11. The van der Waals surface area contributed by atoms with Gasteiger partial charge in [0.15, 0.2) is 0 Å². The number of halogens is 1. The van der Waals surface area contributed by atoms with Crippen molar-refractivity contribution in [1.29, 1.82) is 0 Å². The molecule has 0 saturated carbocycles. The molecule has 2 aliphatic carbocycles. The zero-order valence-corrected chi connectivity index (χ0v) is 19.0. The van der Waals surface area contributed by atoms with E-state index in [0.29, 0.717) is 0 Å². The number of rotatable bonds is 0. The molecular formula is C29H23Br. The lowest BCUT2D eigenvalue weighted by molar-refractivity contribution is 0.588. The standard InChI is InChI=1S/C29H23Br/c1-28(2,3)18-15-16-21-25(17-18)29(24-13-8-14-26(30)27(21)24)22-11-6-4-9-19(22)20-10-5-7-12-23(20)29/h4-17H,1-3H3. The molecule has 0 heterocycles. The Labute approximate surface area is 186 Å². The van der Waals surface area contributed by atoms with Crippen LogP contribution >= 0.6 is 15.9 Å². The normalized spacial score (nSPS) is 14.9. The van der Waals surface area contributed by atoms with Gasteiger partial charge in [0.25, 0.3) is 0 Å². The van der Waals surface area contributed by atoms with Crippen LogP contribution in [-0.2, 0) is 10.8 Å². The fourth-order valence-corrected chi connectivity index (χ4v) is 6.19. The molecule has 4 aromatic carbocycles. The molecule has 1 heteroatoms. The van der Waals surface area contributed by atoms with E-state index in [0.717, 1.165) is 0 Å². The van der Waals surface area contributed by atoms with E-state index in [4.69, 9.17) is 0 Å². The number of hydrogen-bond donors (Lipinski definition) is 0. The molecule has 0 fully saturated rings. The van der Waals surface area contributed by atoms with Gasteiger partial charge in [-0.2, -0.15) is 0 Å². The Hall–Kier alpha value is -2.64. The van der Waals surface area contributed by atoms with E-state index in [2.05, 4.69) is 122 Å². The van der Waals surface area contributed by atoms with Crippen LogP contribution < -0.4 is 0 Å².